The summed E-state index contributed by atoms with van der Waals surface area (Å²) >= 11 is 0. The topological polar surface area (TPSA) is 18.8 Å². The smallest absolute Gasteiger partial charge is 0.130 e. The highest BCUT2D eigenvalue weighted by molar-refractivity contribution is 5.98. The number of amidine groups is 1. The second-order valence-electron chi connectivity index (χ2n) is 4.20. The molecule has 3 nitrogen and oxygen atoms in total. The van der Waals surface area contributed by atoms with E-state index in [0.717, 1.165) is 32.0 Å². The van der Waals surface area contributed by atoms with Gasteiger partial charge in [-0.1, -0.05) is 30.3 Å². The van der Waals surface area contributed by atoms with E-state index in [9.17, 15) is 0 Å². The van der Waals surface area contributed by atoms with Crippen LogP contribution in [0.5, 0.6) is 0 Å². The van der Waals surface area contributed by atoms with Crippen molar-refractivity contribution in [3.8, 4) is 0 Å². The van der Waals surface area contributed by atoms with E-state index in [-0.39, 0.29) is 0 Å². The Morgan fingerprint density at radius 1 is 1.06 bits per heavy atom. The maximum Gasteiger partial charge on any atom is 0.130 e. The lowest BCUT2D eigenvalue weighted by Gasteiger charge is -2.34. The molecule has 1 aliphatic heterocycles. The van der Waals surface area contributed by atoms with Crippen LogP contribution < -0.4 is 0 Å². The lowest BCUT2D eigenvalue weighted by Crippen LogP contribution is -2.47. The molecule has 1 fully saturated rings. The van der Waals surface area contributed by atoms with E-state index in [4.69, 9.17) is 0 Å². The van der Waals surface area contributed by atoms with Crippen LogP contribution in [0.4, 0.5) is 0 Å². The fourth-order valence-corrected chi connectivity index (χ4v) is 2.06. The van der Waals surface area contributed by atoms with Crippen LogP contribution in [-0.2, 0) is 0 Å². The molecule has 0 N–H and O–H groups in total. The van der Waals surface area contributed by atoms with Gasteiger partial charge in [-0.2, -0.15) is 0 Å². The van der Waals surface area contributed by atoms with Gasteiger partial charge in [-0.3, -0.25) is 4.99 Å². The lowest BCUT2D eigenvalue weighted by atomic mass is 10.1. The second-order valence-corrected chi connectivity index (χ2v) is 4.20. The maximum atomic E-state index is 4.43. The highest BCUT2D eigenvalue weighted by atomic mass is 15.3. The van der Waals surface area contributed by atoms with Crippen LogP contribution in [0.2, 0.25) is 0 Å². The first-order chi connectivity index (χ1) is 7.81. The molecular formula is C13H19N3. The van der Waals surface area contributed by atoms with Crippen molar-refractivity contribution in [2.45, 2.75) is 0 Å². The molecule has 1 aliphatic rings. The molecule has 1 aromatic carbocycles. The molecule has 3 heteroatoms. The van der Waals surface area contributed by atoms with Crippen molar-refractivity contribution in [3.05, 3.63) is 35.9 Å². The van der Waals surface area contributed by atoms with Gasteiger partial charge in [0.2, 0.25) is 0 Å². The summed E-state index contributed by atoms with van der Waals surface area (Å²) in [5.41, 5.74) is 1.22. The van der Waals surface area contributed by atoms with Gasteiger partial charge >= 0.3 is 0 Å². The molecular weight excluding hydrogens is 198 g/mol. The minimum Gasteiger partial charge on any atom is -0.354 e. The van der Waals surface area contributed by atoms with E-state index in [0.29, 0.717) is 0 Å². The molecule has 0 aliphatic carbocycles. The zero-order valence-electron chi connectivity index (χ0n) is 10.1. The highest BCUT2D eigenvalue weighted by Crippen LogP contribution is 2.08. The fourth-order valence-electron chi connectivity index (χ4n) is 2.06. The van der Waals surface area contributed by atoms with Crippen LogP contribution >= 0.6 is 0 Å². The largest absolute Gasteiger partial charge is 0.354 e. The summed E-state index contributed by atoms with van der Waals surface area (Å²) < 4.78 is 0. The van der Waals surface area contributed by atoms with Crippen molar-refractivity contribution in [1.29, 1.82) is 0 Å². The van der Waals surface area contributed by atoms with E-state index >= 15 is 0 Å². The standard InChI is InChI=1S/C13H19N3/c1-14-13(12-6-4-3-5-7-12)16-10-8-15(2)9-11-16/h3-7H,8-11H2,1-2H3. The summed E-state index contributed by atoms with van der Waals surface area (Å²) in [6, 6.07) is 10.4. The molecule has 0 unspecified atom stereocenters. The van der Waals surface area contributed by atoms with Gasteiger partial charge in [0.05, 0.1) is 0 Å². The van der Waals surface area contributed by atoms with Gasteiger partial charge < -0.3 is 9.80 Å². The Morgan fingerprint density at radius 2 is 1.69 bits per heavy atom. The number of aliphatic imine (C=N–C) groups is 1. The SMILES string of the molecule is CN=C(c1ccccc1)N1CCN(C)CC1. The molecule has 1 saturated heterocycles. The summed E-state index contributed by atoms with van der Waals surface area (Å²) in [6.45, 7) is 4.37. The Morgan fingerprint density at radius 3 is 2.25 bits per heavy atom. The van der Waals surface area contributed by atoms with Crippen LogP contribution in [0.3, 0.4) is 0 Å². The van der Waals surface area contributed by atoms with Crippen LogP contribution in [0, 0.1) is 0 Å². The van der Waals surface area contributed by atoms with Crippen molar-refractivity contribution in [1.82, 2.24) is 9.80 Å². The van der Waals surface area contributed by atoms with Crippen molar-refractivity contribution < 1.29 is 0 Å². The molecule has 0 aromatic heterocycles. The minimum absolute atomic E-state index is 1.07. The number of benzene rings is 1. The number of hydrogen-bond donors (Lipinski definition) is 0. The van der Waals surface area contributed by atoms with E-state index in [2.05, 4.69) is 46.1 Å². The van der Waals surface area contributed by atoms with Crippen LogP contribution in [0.15, 0.2) is 35.3 Å². The van der Waals surface area contributed by atoms with Crippen molar-refractivity contribution in [2.75, 3.05) is 40.3 Å². The van der Waals surface area contributed by atoms with Gasteiger partial charge in [0.1, 0.15) is 5.84 Å². The van der Waals surface area contributed by atoms with Gasteiger partial charge in [0.25, 0.3) is 0 Å². The predicted octanol–water partition coefficient (Wildman–Crippen LogP) is 1.31. The summed E-state index contributed by atoms with van der Waals surface area (Å²) in [7, 11) is 4.04. The third kappa shape index (κ3) is 2.42. The molecule has 86 valence electrons. The zero-order chi connectivity index (χ0) is 11.4. The van der Waals surface area contributed by atoms with Gasteiger partial charge in [0.15, 0.2) is 0 Å². The van der Waals surface area contributed by atoms with Crippen molar-refractivity contribution in [2.24, 2.45) is 4.99 Å². The summed E-state index contributed by atoms with van der Waals surface area (Å²) in [4.78, 5) is 9.16. The number of rotatable bonds is 1. The molecule has 1 heterocycles. The Bertz CT molecular complexity index is 351. The van der Waals surface area contributed by atoms with Crippen molar-refractivity contribution >= 4 is 5.84 Å². The van der Waals surface area contributed by atoms with Gasteiger partial charge in [-0.15, -0.1) is 0 Å². The van der Waals surface area contributed by atoms with Crippen LogP contribution in [-0.4, -0.2) is 55.9 Å². The van der Waals surface area contributed by atoms with E-state index in [1.165, 1.54) is 5.56 Å². The first-order valence-electron chi connectivity index (χ1n) is 5.77. The molecule has 0 spiro atoms. The van der Waals surface area contributed by atoms with Crippen LogP contribution in [0.25, 0.3) is 0 Å². The number of hydrogen-bond acceptors (Lipinski definition) is 2. The quantitative estimate of drug-likeness (QED) is 0.522. The van der Waals surface area contributed by atoms with E-state index in [1.54, 1.807) is 0 Å². The van der Waals surface area contributed by atoms with E-state index in [1.807, 2.05) is 13.1 Å². The number of likely N-dealkylation sites (N-methyl/N-ethyl adjacent to an activating group) is 1. The lowest BCUT2D eigenvalue weighted by molar-refractivity contribution is 0.215. The minimum atomic E-state index is 1.07. The monoisotopic (exact) mass is 217 g/mol. The number of nitrogens with zero attached hydrogens (tertiary/aromatic N) is 3. The second kappa shape index (κ2) is 5.12. The fraction of sp³-hybridized carbons (Fsp3) is 0.462. The third-order valence-corrected chi connectivity index (χ3v) is 3.05. The zero-order valence-corrected chi connectivity index (χ0v) is 10.1. The Labute approximate surface area is 97.4 Å². The maximum absolute atomic E-state index is 4.43. The molecule has 0 amide bonds. The Balaban J connectivity index is 2.12. The van der Waals surface area contributed by atoms with Gasteiger partial charge in [-0.05, 0) is 7.05 Å². The first-order valence-corrected chi connectivity index (χ1v) is 5.77. The molecule has 1 aromatic rings. The molecule has 0 bridgehead atoms. The molecule has 0 radical (unpaired) electrons. The highest BCUT2D eigenvalue weighted by Gasteiger charge is 2.17. The summed E-state index contributed by atoms with van der Waals surface area (Å²) in [5.74, 6) is 1.12. The Kier molecular flexibility index (Phi) is 3.57. The first kappa shape index (κ1) is 11.1. The number of piperazine rings is 1. The van der Waals surface area contributed by atoms with Crippen LogP contribution in [0.1, 0.15) is 5.56 Å². The van der Waals surface area contributed by atoms with Gasteiger partial charge in [0, 0.05) is 38.8 Å². The average Bonchev–Trinajstić information content (AvgIpc) is 2.34. The predicted molar refractivity (Wildman–Crippen MR) is 68.0 cm³/mol. The Hall–Kier alpha value is -1.35. The normalized spacial score (nSPS) is 18.9. The van der Waals surface area contributed by atoms with Crippen molar-refractivity contribution in [3.63, 3.8) is 0 Å². The molecule has 0 saturated carbocycles. The summed E-state index contributed by atoms with van der Waals surface area (Å²) in [5, 5.41) is 0. The third-order valence-electron chi connectivity index (χ3n) is 3.05. The molecule has 16 heavy (non-hydrogen) atoms. The molecule has 0 atom stereocenters. The molecule has 2 rings (SSSR count). The average molecular weight is 217 g/mol. The van der Waals surface area contributed by atoms with Gasteiger partial charge in [-0.25, -0.2) is 0 Å². The van der Waals surface area contributed by atoms with E-state index < -0.39 is 0 Å². The summed E-state index contributed by atoms with van der Waals surface area (Å²) in [6.07, 6.45) is 0.